The number of fused-ring (bicyclic) bond motifs is 3. The number of carbonyl (C=O) groups is 2. The van der Waals surface area contributed by atoms with E-state index in [1.54, 1.807) is 17.5 Å². The van der Waals surface area contributed by atoms with Gasteiger partial charge < -0.3 is 9.72 Å². The Morgan fingerprint density at radius 1 is 1.03 bits per heavy atom. The van der Waals surface area contributed by atoms with Crippen LogP contribution in [0.1, 0.15) is 64.0 Å². The number of aromatic nitrogens is 2. The largest absolute Gasteiger partial charge is 0.454 e. The van der Waals surface area contributed by atoms with Crippen molar-refractivity contribution in [1.29, 1.82) is 0 Å². The van der Waals surface area contributed by atoms with E-state index in [1.165, 1.54) is 0 Å². The summed E-state index contributed by atoms with van der Waals surface area (Å²) in [5.74, 6) is -0.402. The number of hydrogen-bond acceptors (Lipinski definition) is 5. The van der Waals surface area contributed by atoms with E-state index in [2.05, 4.69) is 43.3 Å². The van der Waals surface area contributed by atoms with E-state index in [-0.39, 0.29) is 17.8 Å². The highest BCUT2D eigenvalue weighted by molar-refractivity contribution is 7.10. The molecule has 1 unspecified atom stereocenters. The molecule has 39 heavy (non-hydrogen) atoms. The molecule has 2 aromatic carbocycles. The van der Waals surface area contributed by atoms with Gasteiger partial charge in [0.15, 0.2) is 6.61 Å². The van der Waals surface area contributed by atoms with E-state index in [1.807, 2.05) is 54.6 Å². The van der Waals surface area contributed by atoms with E-state index in [4.69, 9.17) is 9.72 Å². The third kappa shape index (κ3) is 4.81. The minimum absolute atomic E-state index is 0.0321. The van der Waals surface area contributed by atoms with Gasteiger partial charge >= 0.3 is 5.97 Å². The number of aromatic amines is 1. The lowest BCUT2D eigenvalue weighted by atomic mass is 9.69. The van der Waals surface area contributed by atoms with Crippen LogP contribution in [0.4, 0.5) is 0 Å². The zero-order chi connectivity index (χ0) is 27.1. The first-order valence-corrected chi connectivity index (χ1v) is 14.1. The number of nitrogens with one attached hydrogen (secondary N) is 1. The first-order valence-electron chi connectivity index (χ1n) is 13.2. The number of benzene rings is 2. The highest BCUT2D eigenvalue weighted by Crippen LogP contribution is 2.45. The second-order valence-corrected chi connectivity index (χ2v) is 12.2. The maximum Gasteiger partial charge on any atom is 0.339 e. The Balaban J connectivity index is 1.41. The van der Waals surface area contributed by atoms with Gasteiger partial charge in [-0.3, -0.25) is 4.79 Å². The van der Waals surface area contributed by atoms with Gasteiger partial charge in [-0.05, 0) is 65.0 Å². The summed E-state index contributed by atoms with van der Waals surface area (Å²) in [4.78, 5) is 36.3. The third-order valence-electron chi connectivity index (χ3n) is 7.73. The molecule has 0 spiro atoms. The normalized spacial score (nSPS) is 16.5. The molecule has 0 saturated heterocycles. The molecule has 0 bridgehead atoms. The van der Waals surface area contributed by atoms with Gasteiger partial charge in [-0.2, -0.15) is 0 Å². The van der Waals surface area contributed by atoms with E-state index < -0.39 is 5.97 Å². The Morgan fingerprint density at radius 2 is 1.79 bits per heavy atom. The number of carbonyl (C=O) groups excluding carboxylic acids is 2. The number of H-pyrrole nitrogens is 1. The molecule has 3 aromatic heterocycles. The predicted molar refractivity (Wildman–Crippen MR) is 158 cm³/mol. The van der Waals surface area contributed by atoms with Gasteiger partial charge in [-0.15, -0.1) is 11.3 Å². The molecule has 0 radical (unpaired) electrons. The lowest BCUT2D eigenvalue weighted by Crippen LogP contribution is -2.29. The molecule has 1 aliphatic rings. The molecule has 196 valence electrons. The molecule has 5 aromatic rings. The maximum absolute atomic E-state index is 13.8. The first kappa shape index (κ1) is 25.3. The van der Waals surface area contributed by atoms with Crippen molar-refractivity contribution in [2.45, 2.75) is 33.6 Å². The van der Waals surface area contributed by atoms with Crippen LogP contribution in [0.25, 0.3) is 33.5 Å². The van der Waals surface area contributed by atoms with Crippen LogP contribution in [-0.2, 0) is 11.2 Å². The van der Waals surface area contributed by atoms with Crippen LogP contribution in [0, 0.1) is 11.3 Å². The highest BCUT2D eigenvalue weighted by atomic mass is 32.1. The van der Waals surface area contributed by atoms with Crippen molar-refractivity contribution in [1.82, 2.24) is 9.97 Å². The Morgan fingerprint density at radius 3 is 2.56 bits per heavy atom. The molecule has 5 nitrogen and oxygen atoms in total. The summed E-state index contributed by atoms with van der Waals surface area (Å²) in [6, 6.07) is 19.5. The van der Waals surface area contributed by atoms with Gasteiger partial charge in [-0.1, -0.05) is 63.2 Å². The summed E-state index contributed by atoms with van der Waals surface area (Å²) < 4.78 is 5.75. The minimum atomic E-state index is -0.483. The predicted octanol–water partition coefficient (Wildman–Crippen LogP) is 7.97. The number of pyridine rings is 1. The molecule has 0 amide bonds. The van der Waals surface area contributed by atoms with E-state index in [9.17, 15) is 9.59 Å². The number of thiophene rings is 1. The third-order valence-corrected chi connectivity index (χ3v) is 8.55. The molecule has 0 fully saturated rings. The molecule has 3 heterocycles. The van der Waals surface area contributed by atoms with Crippen molar-refractivity contribution in [2.75, 3.05) is 6.61 Å². The fourth-order valence-electron chi connectivity index (χ4n) is 5.50. The van der Waals surface area contributed by atoms with Gasteiger partial charge in [-0.25, -0.2) is 9.78 Å². The van der Waals surface area contributed by atoms with Crippen LogP contribution >= 0.6 is 11.3 Å². The zero-order valence-corrected chi connectivity index (χ0v) is 23.1. The fraction of sp³-hybridized carbons (Fsp3) is 0.242. The smallest absolute Gasteiger partial charge is 0.339 e. The van der Waals surface area contributed by atoms with Crippen LogP contribution in [0.3, 0.4) is 0 Å². The van der Waals surface area contributed by atoms with Crippen molar-refractivity contribution < 1.29 is 14.3 Å². The number of nitrogens with zero attached hydrogens (tertiary/aromatic N) is 1. The molecule has 0 saturated carbocycles. The Bertz CT molecular complexity index is 1740. The lowest BCUT2D eigenvalue weighted by molar-refractivity contribution is 0.0475. The number of para-hydroxylation sites is 2. The molecular weight excluding hydrogens is 504 g/mol. The molecule has 1 atom stereocenters. The second kappa shape index (κ2) is 9.93. The summed E-state index contributed by atoms with van der Waals surface area (Å²) >= 11 is 1.69. The van der Waals surface area contributed by atoms with Crippen LogP contribution in [0.15, 0.2) is 72.2 Å². The van der Waals surface area contributed by atoms with E-state index in [0.29, 0.717) is 17.0 Å². The van der Waals surface area contributed by atoms with Gasteiger partial charge in [0.25, 0.3) is 0 Å². The second-order valence-electron chi connectivity index (χ2n) is 11.2. The SMILES string of the molecule is CC(C)(C)C1C/C(=C/c2cccs2)c2nc3ccccc3c(C(=O)OCC(=O)c3c[nH]c4ccccc34)c2C1. The quantitative estimate of drug-likeness (QED) is 0.183. The van der Waals surface area contributed by atoms with Crippen molar-refractivity contribution in [3.8, 4) is 0 Å². The summed E-state index contributed by atoms with van der Waals surface area (Å²) in [5, 5.41) is 3.64. The van der Waals surface area contributed by atoms with Crippen molar-refractivity contribution >= 4 is 56.5 Å². The average Bonchev–Trinajstić information content (AvgIpc) is 3.60. The van der Waals surface area contributed by atoms with Gasteiger partial charge in [0.2, 0.25) is 5.78 Å². The number of ether oxygens (including phenoxy) is 1. The number of rotatable bonds is 5. The molecular formula is C33H30N2O3S. The number of hydrogen-bond donors (Lipinski definition) is 1. The number of allylic oxidation sites excluding steroid dienone is 1. The summed E-state index contributed by atoms with van der Waals surface area (Å²) in [6.45, 7) is 6.42. The standard InChI is InChI=1S/C33H30N2O3S/c1-33(2,3)21-15-20(16-22-9-8-14-39-22)31-25(17-21)30(24-11-5-7-13-28(24)35-31)32(37)38-19-29(36)26-18-34-27-12-6-4-10-23(26)27/h4-14,16,18,21,34H,15,17,19H2,1-3H3/b20-16-. The van der Waals surface area contributed by atoms with E-state index in [0.717, 1.165) is 56.4 Å². The summed E-state index contributed by atoms with van der Waals surface area (Å²) in [5.41, 5.74) is 5.60. The molecule has 1 aliphatic carbocycles. The van der Waals surface area contributed by atoms with Crippen LogP contribution in [0.2, 0.25) is 0 Å². The molecule has 6 rings (SSSR count). The number of ketones is 1. The van der Waals surface area contributed by atoms with Crippen molar-refractivity contribution in [2.24, 2.45) is 11.3 Å². The van der Waals surface area contributed by atoms with Gasteiger partial charge in [0.1, 0.15) is 0 Å². The summed E-state index contributed by atoms with van der Waals surface area (Å²) in [6.07, 6.45) is 5.49. The first-order chi connectivity index (χ1) is 18.8. The zero-order valence-electron chi connectivity index (χ0n) is 22.3. The molecule has 0 aliphatic heterocycles. The Kier molecular flexibility index (Phi) is 6.43. The van der Waals surface area contributed by atoms with Gasteiger partial charge in [0, 0.05) is 32.9 Å². The topological polar surface area (TPSA) is 72.0 Å². The lowest BCUT2D eigenvalue weighted by Gasteiger charge is -2.36. The van der Waals surface area contributed by atoms with Crippen LogP contribution < -0.4 is 0 Å². The number of esters is 1. The number of Topliss-reactive ketones (excluding diaryl/α,β-unsaturated/α-hetero) is 1. The Labute approximate surface area is 231 Å². The van der Waals surface area contributed by atoms with Crippen molar-refractivity contribution in [3.05, 3.63) is 99.5 Å². The van der Waals surface area contributed by atoms with Gasteiger partial charge in [0.05, 0.1) is 16.8 Å². The monoisotopic (exact) mass is 534 g/mol. The average molecular weight is 535 g/mol. The van der Waals surface area contributed by atoms with E-state index >= 15 is 0 Å². The molecule has 1 N–H and O–H groups in total. The molecule has 6 heteroatoms. The summed E-state index contributed by atoms with van der Waals surface area (Å²) in [7, 11) is 0. The van der Waals surface area contributed by atoms with Crippen LogP contribution in [-0.4, -0.2) is 28.3 Å². The Hall–Kier alpha value is -4.03. The minimum Gasteiger partial charge on any atom is -0.454 e. The highest BCUT2D eigenvalue weighted by Gasteiger charge is 2.35. The van der Waals surface area contributed by atoms with Crippen molar-refractivity contribution in [3.63, 3.8) is 0 Å². The fourth-order valence-corrected chi connectivity index (χ4v) is 6.18. The maximum atomic E-state index is 13.8. The van der Waals surface area contributed by atoms with Crippen LogP contribution in [0.5, 0.6) is 0 Å².